The third kappa shape index (κ3) is 5.88. The van der Waals surface area contributed by atoms with Crippen molar-refractivity contribution < 1.29 is 19.2 Å². The molecule has 0 aliphatic heterocycles. The molecule has 3 N–H and O–H groups in total. The van der Waals surface area contributed by atoms with Crippen LogP contribution in [-0.2, 0) is 11.3 Å². The first-order chi connectivity index (χ1) is 8.58. The number of amides is 2. The Kier molecular flexibility index (Phi) is 5.69. The van der Waals surface area contributed by atoms with Crippen LogP contribution in [0.5, 0.6) is 0 Å². The lowest BCUT2D eigenvalue weighted by molar-refractivity contribution is -0.137. The van der Waals surface area contributed by atoms with Gasteiger partial charge in [-0.3, -0.25) is 4.79 Å². The highest BCUT2D eigenvalue weighted by Gasteiger charge is 2.07. The maximum atomic E-state index is 11.4. The van der Waals surface area contributed by atoms with E-state index >= 15 is 0 Å². The third-order valence-corrected chi connectivity index (χ3v) is 2.38. The molecule has 0 aliphatic rings. The van der Waals surface area contributed by atoms with Crippen molar-refractivity contribution in [2.45, 2.75) is 26.3 Å². The average Bonchev–Trinajstić information content (AvgIpc) is 2.84. The summed E-state index contributed by atoms with van der Waals surface area (Å²) in [4.78, 5) is 21.7. The van der Waals surface area contributed by atoms with Crippen LogP contribution in [-0.4, -0.2) is 28.8 Å². The molecule has 1 aromatic rings. The molecule has 0 fully saturated rings. The molecule has 1 heterocycles. The van der Waals surface area contributed by atoms with Gasteiger partial charge in [-0.1, -0.05) is 12.1 Å². The van der Waals surface area contributed by atoms with Crippen molar-refractivity contribution in [3.05, 3.63) is 18.0 Å². The predicted molar refractivity (Wildman–Crippen MR) is 62.8 cm³/mol. The second-order valence-electron chi connectivity index (χ2n) is 4.09. The number of nitrogens with one attached hydrogen (secondary N) is 2. The molecular weight excluding hydrogens is 238 g/mol. The minimum atomic E-state index is -0.822. The molecule has 2 amide bonds. The maximum absolute atomic E-state index is 11.4. The van der Waals surface area contributed by atoms with Crippen LogP contribution in [0.1, 0.15) is 25.5 Å². The Balaban J connectivity index is 2.11. The van der Waals surface area contributed by atoms with Crippen LogP contribution in [0.2, 0.25) is 0 Å². The second kappa shape index (κ2) is 7.31. The SMILES string of the molecule is CC(CCC(=O)O)CNC(=O)NCc1ccon1. The van der Waals surface area contributed by atoms with E-state index in [4.69, 9.17) is 5.11 Å². The zero-order chi connectivity index (χ0) is 13.4. The number of nitrogens with zero attached hydrogens (tertiary/aromatic N) is 1. The number of hydrogen-bond acceptors (Lipinski definition) is 4. The molecule has 0 saturated carbocycles. The quantitative estimate of drug-likeness (QED) is 0.673. The van der Waals surface area contributed by atoms with E-state index in [2.05, 4.69) is 20.3 Å². The summed E-state index contributed by atoms with van der Waals surface area (Å²) in [7, 11) is 0. The van der Waals surface area contributed by atoms with Gasteiger partial charge in [-0.25, -0.2) is 4.79 Å². The van der Waals surface area contributed by atoms with Crippen molar-refractivity contribution in [2.75, 3.05) is 6.54 Å². The number of aromatic nitrogens is 1. The van der Waals surface area contributed by atoms with Crippen LogP contribution in [0.25, 0.3) is 0 Å². The standard InChI is InChI=1S/C11H17N3O4/c1-8(2-3-10(15)16)6-12-11(17)13-7-9-4-5-18-14-9/h4-5,8H,2-3,6-7H2,1H3,(H,15,16)(H2,12,13,17). The molecule has 0 bridgehead atoms. The first-order valence-electron chi connectivity index (χ1n) is 5.70. The van der Waals surface area contributed by atoms with Gasteiger partial charge < -0.3 is 20.3 Å². The molecule has 0 saturated heterocycles. The van der Waals surface area contributed by atoms with E-state index in [1.165, 1.54) is 6.26 Å². The van der Waals surface area contributed by atoms with Gasteiger partial charge in [0, 0.05) is 19.0 Å². The van der Waals surface area contributed by atoms with E-state index in [0.717, 1.165) is 0 Å². The summed E-state index contributed by atoms with van der Waals surface area (Å²) in [5.74, 6) is -0.698. The van der Waals surface area contributed by atoms with Gasteiger partial charge in [-0.15, -0.1) is 0 Å². The average molecular weight is 255 g/mol. The highest BCUT2D eigenvalue weighted by atomic mass is 16.5. The second-order valence-corrected chi connectivity index (χ2v) is 4.09. The lowest BCUT2D eigenvalue weighted by Gasteiger charge is -2.11. The Morgan fingerprint density at radius 2 is 2.28 bits per heavy atom. The van der Waals surface area contributed by atoms with Crippen LogP contribution in [0.15, 0.2) is 16.9 Å². The number of rotatable bonds is 7. The lowest BCUT2D eigenvalue weighted by Crippen LogP contribution is -2.37. The molecule has 1 unspecified atom stereocenters. The summed E-state index contributed by atoms with van der Waals surface area (Å²) in [6.45, 7) is 2.63. The van der Waals surface area contributed by atoms with Gasteiger partial charge in [-0.2, -0.15) is 0 Å². The molecule has 1 aromatic heterocycles. The molecule has 1 rings (SSSR count). The van der Waals surface area contributed by atoms with Crippen molar-refractivity contribution >= 4 is 12.0 Å². The zero-order valence-electron chi connectivity index (χ0n) is 10.2. The number of carbonyl (C=O) groups excluding carboxylic acids is 1. The number of aliphatic carboxylic acids is 1. The van der Waals surface area contributed by atoms with Gasteiger partial charge in [0.25, 0.3) is 0 Å². The number of carboxylic acid groups (broad SMARTS) is 1. The highest BCUT2D eigenvalue weighted by molar-refractivity contribution is 5.73. The van der Waals surface area contributed by atoms with E-state index in [0.29, 0.717) is 25.2 Å². The summed E-state index contributed by atoms with van der Waals surface area (Å²) >= 11 is 0. The first kappa shape index (κ1) is 14.0. The molecule has 0 aromatic carbocycles. The number of hydrogen-bond donors (Lipinski definition) is 3. The molecule has 0 spiro atoms. The Morgan fingerprint density at radius 3 is 2.89 bits per heavy atom. The fraction of sp³-hybridized carbons (Fsp3) is 0.545. The first-order valence-corrected chi connectivity index (χ1v) is 5.70. The summed E-state index contributed by atoms with van der Waals surface area (Å²) in [5.41, 5.74) is 0.643. The van der Waals surface area contributed by atoms with Crippen molar-refractivity contribution in [1.82, 2.24) is 15.8 Å². The van der Waals surface area contributed by atoms with Crippen LogP contribution in [0.3, 0.4) is 0 Å². The van der Waals surface area contributed by atoms with Gasteiger partial charge >= 0.3 is 12.0 Å². The van der Waals surface area contributed by atoms with E-state index in [-0.39, 0.29) is 18.4 Å². The molecule has 100 valence electrons. The largest absolute Gasteiger partial charge is 0.481 e. The van der Waals surface area contributed by atoms with Gasteiger partial charge in [0.1, 0.15) is 12.0 Å². The van der Waals surface area contributed by atoms with Crippen LogP contribution < -0.4 is 10.6 Å². The topological polar surface area (TPSA) is 104 Å². The molecule has 7 nitrogen and oxygen atoms in total. The highest BCUT2D eigenvalue weighted by Crippen LogP contribution is 2.03. The van der Waals surface area contributed by atoms with Crippen LogP contribution >= 0.6 is 0 Å². The fourth-order valence-electron chi connectivity index (χ4n) is 1.30. The molecular formula is C11H17N3O4. The number of carbonyl (C=O) groups is 2. The fourth-order valence-corrected chi connectivity index (χ4v) is 1.30. The molecule has 18 heavy (non-hydrogen) atoms. The zero-order valence-corrected chi connectivity index (χ0v) is 10.2. The summed E-state index contributed by atoms with van der Waals surface area (Å²) < 4.78 is 4.62. The monoisotopic (exact) mass is 255 g/mol. The minimum Gasteiger partial charge on any atom is -0.481 e. The molecule has 1 atom stereocenters. The van der Waals surface area contributed by atoms with Crippen LogP contribution in [0.4, 0.5) is 4.79 Å². The smallest absolute Gasteiger partial charge is 0.315 e. The molecule has 0 radical (unpaired) electrons. The number of urea groups is 1. The molecule has 7 heteroatoms. The Bertz CT molecular complexity index is 378. The van der Waals surface area contributed by atoms with Crippen molar-refractivity contribution in [3.8, 4) is 0 Å². The van der Waals surface area contributed by atoms with E-state index in [9.17, 15) is 9.59 Å². The minimum absolute atomic E-state index is 0.114. The van der Waals surface area contributed by atoms with E-state index < -0.39 is 5.97 Å². The van der Waals surface area contributed by atoms with Crippen LogP contribution in [0, 0.1) is 5.92 Å². The summed E-state index contributed by atoms with van der Waals surface area (Å²) in [5, 5.41) is 17.4. The van der Waals surface area contributed by atoms with Crippen molar-refractivity contribution in [2.24, 2.45) is 5.92 Å². The Morgan fingerprint density at radius 1 is 1.50 bits per heavy atom. The summed E-state index contributed by atoms with van der Waals surface area (Å²) in [6, 6.07) is 1.36. The van der Waals surface area contributed by atoms with Gasteiger partial charge in [0.15, 0.2) is 0 Å². The molecule has 0 aliphatic carbocycles. The summed E-state index contributed by atoms with van der Waals surface area (Å²) in [6.07, 6.45) is 2.09. The lowest BCUT2D eigenvalue weighted by atomic mass is 10.1. The predicted octanol–water partition coefficient (Wildman–Crippen LogP) is 0.975. The third-order valence-electron chi connectivity index (χ3n) is 2.38. The van der Waals surface area contributed by atoms with Crippen molar-refractivity contribution in [3.63, 3.8) is 0 Å². The Labute approximate surface area is 105 Å². The maximum Gasteiger partial charge on any atom is 0.315 e. The van der Waals surface area contributed by atoms with E-state index in [1.807, 2.05) is 6.92 Å². The van der Waals surface area contributed by atoms with Gasteiger partial charge in [0.05, 0.1) is 6.54 Å². The van der Waals surface area contributed by atoms with Crippen molar-refractivity contribution in [1.29, 1.82) is 0 Å². The number of carboxylic acids is 1. The van der Waals surface area contributed by atoms with Gasteiger partial charge in [0.2, 0.25) is 0 Å². The normalized spacial score (nSPS) is 11.8. The van der Waals surface area contributed by atoms with E-state index in [1.54, 1.807) is 6.07 Å². The van der Waals surface area contributed by atoms with Gasteiger partial charge in [-0.05, 0) is 12.3 Å². The Hall–Kier alpha value is -2.05.